The molecule has 0 spiro atoms. The van der Waals surface area contributed by atoms with Crippen molar-refractivity contribution in [3.8, 4) is 0 Å². The van der Waals surface area contributed by atoms with Gasteiger partial charge in [-0.3, -0.25) is 9.36 Å². The summed E-state index contributed by atoms with van der Waals surface area (Å²) in [6.07, 6.45) is 2.85. The van der Waals surface area contributed by atoms with Crippen molar-refractivity contribution in [2.75, 3.05) is 26.0 Å². The van der Waals surface area contributed by atoms with Crippen molar-refractivity contribution in [2.45, 2.75) is 44.3 Å². The van der Waals surface area contributed by atoms with E-state index >= 15 is 0 Å². The minimum absolute atomic E-state index is 0.259. The summed E-state index contributed by atoms with van der Waals surface area (Å²) in [7, 11) is 3.87. The van der Waals surface area contributed by atoms with Gasteiger partial charge < -0.3 is 25.3 Å². The number of nitrogens with zero attached hydrogens (tertiary/aromatic N) is 2. The molecule has 1 fully saturated rings. The molecule has 0 atom stereocenters. The zero-order valence-corrected chi connectivity index (χ0v) is 19.6. The van der Waals surface area contributed by atoms with Gasteiger partial charge in [0.2, 0.25) is 5.91 Å². The van der Waals surface area contributed by atoms with E-state index in [4.69, 9.17) is 4.42 Å². The lowest BCUT2D eigenvalue weighted by molar-refractivity contribution is -0.121. The van der Waals surface area contributed by atoms with Gasteiger partial charge in [0.25, 0.3) is 0 Å². The van der Waals surface area contributed by atoms with Crippen LogP contribution in [0.1, 0.15) is 31.2 Å². The number of benzene rings is 2. The van der Waals surface area contributed by atoms with Gasteiger partial charge >= 0.3 is 11.8 Å². The van der Waals surface area contributed by atoms with E-state index in [2.05, 4.69) is 16.0 Å². The molecule has 0 radical (unpaired) electrons. The van der Waals surface area contributed by atoms with E-state index in [0.29, 0.717) is 49.3 Å². The predicted molar refractivity (Wildman–Crippen MR) is 131 cm³/mol. The second-order valence-electron chi connectivity index (χ2n) is 9.04. The third-order valence-corrected chi connectivity index (χ3v) is 6.24. The van der Waals surface area contributed by atoms with Crippen molar-refractivity contribution in [2.24, 2.45) is 0 Å². The number of carbonyl (C=O) groups is 2. The Bertz CT molecular complexity index is 1210. The Morgan fingerprint density at radius 3 is 2.53 bits per heavy atom. The van der Waals surface area contributed by atoms with E-state index in [9.17, 15) is 14.4 Å². The van der Waals surface area contributed by atoms with E-state index in [1.807, 2.05) is 49.3 Å². The van der Waals surface area contributed by atoms with E-state index in [1.54, 1.807) is 22.8 Å². The third-order valence-electron chi connectivity index (χ3n) is 6.24. The molecule has 1 heterocycles. The Hall–Kier alpha value is -3.59. The Kier molecular flexibility index (Phi) is 7.02. The van der Waals surface area contributed by atoms with Crippen LogP contribution in [-0.2, 0) is 17.9 Å². The third kappa shape index (κ3) is 5.31. The van der Waals surface area contributed by atoms with Crippen molar-refractivity contribution < 1.29 is 14.0 Å². The van der Waals surface area contributed by atoms with Gasteiger partial charge in [-0.05, 0) is 50.7 Å². The van der Waals surface area contributed by atoms with Crippen LogP contribution >= 0.6 is 0 Å². The normalized spacial score (nSPS) is 14.9. The number of amides is 3. The number of likely N-dealkylation sites (N-methyl/N-ethyl adjacent to an activating group) is 1. The Morgan fingerprint density at radius 2 is 1.82 bits per heavy atom. The smallest absolute Gasteiger partial charge is 0.408 e. The second-order valence-corrected chi connectivity index (χ2v) is 9.04. The van der Waals surface area contributed by atoms with Gasteiger partial charge in [0, 0.05) is 25.3 Å². The first-order valence-corrected chi connectivity index (χ1v) is 11.6. The summed E-state index contributed by atoms with van der Waals surface area (Å²) in [5.41, 5.74) is 1.65. The topological polar surface area (TPSA) is 109 Å². The van der Waals surface area contributed by atoms with Crippen LogP contribution in [0.3, 0.4) is 0 Å². The molecule has 9 nitrogen and oxygen atoms in total. The zero-order valence-electron chi connectivity index (χ0n) is 19.6. The summed E-state index contributed by atoms with van der Waals surface area (Å²) in [4.78, 5) is 40.2. The molecule has 3 aromatic rings. The van der Waals surface area contributed by atoms with E-state index < -0.39 is 11.3 Å². The van der Waals surface area contributed by atoms with E-state index in [-0.39, 0.29) is 11.9 Å². The van der Waals surface area contributed by atoms with Gasteiger partial charge in [0.1, 0.15) is 5.54 Å². The molecule has 4 rings (SSSR count). The van der Waals surface area contributed by atoms with Crippen molar-refractivity contribution in [1.29, 1.82) is 0 Å². The lowest BCUT2D eigenvalue weighted by Gasteiger charge is -2.29. The van der Waals surface area contributed by atoms with Crippen LogP contribution in [0.2, 0.25) is 0 Å². The Morgan fingerprint density at radius 1 is 1.09 bits per heavy atom. The van der Waals surface area contributed by atoms with Gasteiger partial charge in [-0.2, -0.15) is 0 Å². The highest BCUT2D eigenvalue weighted by molar-refractivity contribution is 6.01. The molecule has 1 aliphatic carbocycles. The van der Waals surface area contributed by atoms with Gasteiger partial charge in [0.05, 0.1) is 5.52 Å². The summed E-state index contributed by atoms with van der Waals surface area (Å²) in [5.74, 6) is -0.686. The van der Waals surface area contributed by atoms with Gasteiger partial charge in [0.15, 0.2) is 5.58 Å². The van der Waals surface area contributed by atoms with Crippen molar-refractivity contribution in [3.05, 3.63) is 64.6 Å². The monoisotopic (exact) mass is 465 g/mol. The highest BCUT2D eigenvalue weighted by Gasteiger charge is 2.42. The Labute approximate surface area is 198 Å². The number of carbonyl (C=O) groups excluding carboxylic acids is 2. The number of hydrogen-bond donors (Lipinski definition) is 3. The highest BCUT2D eigenvalue weighted by Crippen LogP contribution is 2.31. The molecule has 3 N–H and O–H groups in total. The lowest BCUT2D eigenvalue weighted by Crippen LogP contribution is -2.57. The summed E-state index contributed by atoms with van der Waals surface area (Å²) in [5, 5.41) is 8.72. The summed E-state index contributed by atoms with van der Waals surface area (Å²) >= 11 is 0. The van der Waals surface area contributed by atoms with Gasteiger partial charge in [-0.15, -0.1) is 0 Å². The standard InChI is InChI=1S/C25H31N5O4/c1-29(2)14-15-30-20-16-19(10-11-21(20)34-24(30)33)27-22(31)25(12-6-7-13-25)28-23(32)26-17-18-8-4-3-5-9-18/h3-5,8-11,16H,6-7,12-15,17H2,1-2H3,(H,27,31)(H2,26,28,32). The van der Waals surface area contributed by atoms with Crippen LogP contribution < -0.4 is 21.7 Å². The number of hydrogen-bond acceptors (Lipinski definition) is 5. The molecule has 1 aliphatic rings. The van der Waals surface area contributed by atoms with Crippen molar-refractivity contribution in [3.63, 3.8) is 0 Å². The first kappa shape index (κ1) is 23.6. The number of urea groups is 1. The molecular formula is C25H31N5O4. The molecule has 180 valence electrons. The second kappa shape index (κ2) is 10.1. The average molecular weight is 466 g/mol. The fraction of sp³-hybridized carbons (Fsp3) is 0.400. The predicted octanol–water partition coefficient (Wildman–Crippen LogP) is 2.91. The number of nitrogens with one attached hydrogen (secondary N) is 3. The molecule has 2 aromatic carbocycles. The lowest BCUT2D eigenvalue weighted by atomic mass is 9.96. The highest BCUT2D eigenvalue weighted by atomic mass is 16.4. The number of rotatable bonds is 8. The molecule has 0 unspecified atom stereocenters. The Balaban J connectivity index is 1.47. The summed E-state index contributed by atoms with van der Waals surface area (Å²) in [6.45, 7) is 1.53. The van der Waals surface area contributed by atoms with E-state index in [0.717, 1.165) is 18.4 Å². The molecule has 0 bridgehead atoms. The van der Waals surface area contributed by atoms with Crippen LogP contribution in [-0.4, -0.2) is 47.6 Å². The minimum Gasteiger partial charge on any atom is -0.408 e. The van der Waals surface area contributed by atoms with Crippen molar-refractivity contribution in [1.82, 2.24) is 20.1 Å². The molecule has 0 aliphatic heterocycles. The molecule has 0 saturated heterocycles. The quantitative estimate of drug-likeness (QED) is 0.474. The number of oxazole rings is 1. The fourth-order valence-electron chi connectivity index (χ4n) is 4.33. The molecule has 34 heavy (non-hydrogen) atoms. The maximum atomic E-state index is 13.3. The molecular weight excluding hydrogens is 434 g/mol. The maximum Gasteiger partial charge on any atom is 0.419 e. The maximum absolute atomic E-state index is 13.3. The number of fused-ring (bicyclic) bond motifs is 1. The van der Waals surface area contributed by atoms with Crippen molar-refractivity contribution >= 4 is 28.7 Å². The average Bonchev–Trinajstić information content (AvgIpc) is 3.41. The minimum atomic E-state index is -0.975. The van der Waals surface area contributed by atoms with Gasteiger partial charge in [-0.1, -0.05) is 43.2 Å². The first-order valence-electron chi connectivity index (χ1n) is 11.6. The van der Waals surface area contributed by atoms with Crippen LogP contribution in [0.4, 0.5) is 10.5 Å². The fourth-order valence-corrected chi connectivity index (χ4v) is 4.33. The summed E-state index contributed by atoms with van der Waals surface area (Å²) in [6, 6.07) is 14.4. The van der Waals surface area contributed by atoms with Gasteiger partial charge in [-0.25, -0.2) is 9.59 Å². The zero-order chi connectivity index (χ0) is 24.1. The molecule has 3 amide bonds. The van der Waals surface area contributed by atoms with Crippen LogP contribution in [0.15, 0.2) is 57.7 Å². The SMILES string of the molecule is CN(C)CCn1c(=O)oc2ccc(NC(=O)C3(NC(=O)NCc4ccccc4)CCCC3)cc21. The number of anilines is 1. The first-order chi connectivity index (χ1) is 16.4. The van der Waals surface area contributed by atoms with Crippen LogP contribution in [0, 0.1) is 0 Å². The van der Waals surface area contributed by atoms with E-state index in [1.165, 1.54) is 0 Å². The summed E-state index contributed by atoms with van der Waals surface area (Å²) < 4.78 is 6.90. The number of aromatic nitrogens is 1. The molecule has 9 heteroatoms. The van der Waals surface area contributed by atoms with Crippen LogP contribution in [0.25, 0.3) is 11.1 Å². The largest absolute Gasteiger partial charge is 0.419 e. The molecule has 1 aromatic heterocycles. The van der Waals surface area contributed by atoms with Crippen LogP contribution in [0.5, 0.6) is 0 Å². The molecule has 1 saturated carbocycles.